The molecule has 0 spiro atoms. The van der Waals surface area contributed by atoms with E-state index in [9.17, 15) is 4.79 Å². The molecule has 1 fully saturated rings. The van der Waals surface area contributed by atoms with E-state index in [0.29, 0.717) is 6.42 Å². The summed E-state index contributed by atoms with van der Waals surface area (Å²) in [5.41, 5.74) is 1.12. The zero-order valence-corrected chi connectivity index (χ0v) is 9.85. The normalized spacial score (nSPS) is 15.3. The van der Waals surface area contributed by atoms with Crippen LogP contribution in [0.15, 0.2) is 29.2 Å². The zero-order chi connectivity index (χ0) is 10.7. The van der Waals surface area contributed by atoms with Crippen LogP contribution in [0, 0.1) is 5.92 Å². The Morgan fingerprint density at radius 2 is 2.00 bits per heavy atom. The Hall–Kier alpha value is -0.760. The van der Waals surface area contributed by atoms with Gasteiger partial charge in [0, 0.05) is 17.1 Å². The molecule has 15 heavy (non-hydrogen) atoms. The lowest BCUT2D eigenvalue weighted by atomic mass is 10.1. The second-order valence-corrected chi connectivity index (χ2v) is 5.37. The molecular formula is C13H16OS. The molecule has 1 saturated carbocycles. The molecule has 0 bridgehead atoms. The molecule has 0 aliphatic heterocycles. The third-order valence-electron chi connectivity index (χ3n) is 2.56. The van der Waals surface area contributed by atoms with E-state index in [-0.39, 0.29) is 5.78 Å². The van der Waals surface area contributed by atoms with Gasteiger partial charge in [-0.1, -0.05) is 12.1 Å². The van der Waals surface area contributed by atoms with E-state index in [4.69, 9.17) is 0 Å². The Bertz CT molecular complexity index is 338. The lowest BCUT2D eigenvalue weighted by molar-refractivity contribution is -0.116. The van der Waals surface area contributed by atoms with E-state index >= 15 is 0 Å². The molecule has 0 N–H and O–H groups in total. The fraction of sp³-hybridized carbons (Fsp3) is 0.462. The van der Waals surface area contributed by atoms with Gasteiger partial charge in [-0.25, -0.2) is 0 Å². The molecule has 2 rings (SSSR count). The SMILES string of the molecule is CC(=O)Cc1ccc(SCC2CC2)cc1. The maximum Gasteiger partial charge on any atom is 0.134 e. The fourth-order valence-corrected chi connectivity index (χ4v) is 2.58. The highest BCUT2D eigenvalue weighted by Crippen LogP contribution is 2.34. The number of Topliss-reactive ketones (excluding diaryl/α,β-unsaturated/α-hetero) is 1. The standard InChI is InChI=1S/C13H16OS/c1-10(14)8-11-4-6-13(7-5-11)15-9-12-2-3-12/h4-7,12H,2-3,8-9H2,1H3. The van der Waals surface area contributed by atoms with Crippen LogP contribution in [0.25, 0.3) is 0 Å². The van der Waals surface area contributed by atoms with E-state index in [1.807, 2.05) is 11.8 Å². The van der Waals surface area contributed by atoms with E-state index < -0.39 is 0 Å². The summed E-state index contributed by atoms with van der Waals surface area (Å²) in [6, 6.07) is 8.39. The lowest BCUT2D eigenvalue weighted by Crippen LogP contribution is -1.95. The number of benzene rings is 1. The molecule has 80 valence electrons. The van der Waals surface area contributed by atoms with Crippen molar-refractivity contribution in [2.24, 2.45) is 5.92 Å². The number of carbonyl (C=O) groups excluding carboxylic acids is 1. The van der Waals surface area contributed by atoms with Crippen LogP contribution in [0.3, 0.4) is 0 Å². The van der Waals surface area contributed by atoms with Crippen LogP contribution in [-0.4, -0.2) is 11.5 Å². The monoisotopic (exact) mass is 220 g/mol. The summed E-state index contributed by atoms with van der Waals surface area (Å²) < 4.78 is 0. The van der Waals surface area contributed by atoms with E-state index in [0.717, 1.165) is 11.5 Å². The molecule has 0 heterocycles. The molecule has 0 radical (unpaired) electrons. The van der Waals surface area contributed by atoms with Crippen LogP contribution in [0.5, 0.6) is 0 Å². The van der Waals surface area contributed by atoms with E-state index in [2.05, 4.69) is 24.3 Å². The molecule has 2 heteroatoms. The molecule has 1 aliphatic carbocycles. The summed E-state index contributed by atoms with van der Waals surface area (Å²) in [6.07, 6.45) is 3.39. The van der Waals surface area contributed by atoms with Crippen molar-refractivity contribution in [2.45, 2.75) is 31.1 Å². The molecule has 1 aliphatic rings. The average molecular weight is 220 g/mol. The minimum absolute atomic E-state index is 0.230. The molecule has 0 unspecified atom stereocenters. The minimum Gasteiger partial charge on any atom is -0.300 e. The van der Waals surface area contributed by atoms with E-state index in [1.54, 1.807) is 6.92 Å². The van der Waals surface area contributed by atoms with Gasteiger partial charge in [-0.15, -0.1) is 11.8 Å². The summed E-state index contributed by atoms with van der Waals surface area (Å²) >= 11 is 1.93. The van der Waals surface area contributed by atoms with Gasteiger partial charge in [0.25, 0.3) is 0 Å². The highest BCUT2D eigenvalue weighted by molar-refractivity contribution is 7.99. The first kappa shape index (κ1) is 10.7. The van der Waals surface area contributed by atoms with Gasteiger partial charge in [0.05, 0.1) is 0 Å². The molecule has 1 nitrogen and oxygen atoms in total. The smallest absolute Gasteiger partial charge is 0.134 e. The molecule has 0 amide bonds. The van der Waals surface area contributed by atoms with Gasteiger partial charge >= 0.3 is 0 Å². The second-order valence-electron chi connectivity index (χ2n) is 4.28. The van der Waals surface area contributed by atoms with Crippen molar-refractivity contribution < 1.29 is 4.79 Å². The molecule has 0 aromatic heterocycles. The minimum atomic E-state index is 0.230. The first-order valence-corrected chi connectivity index (χ1v) is 6.44. The van der Waals surface area contributed by atoms with Crippen molar-refractivity contribution in [3.63, 3.8) is 0 Å². The summed E-state index contributed by atoms with van der Waals surface area (Å²) in [7, 11) is 0. The Balaban J connectivity index is 1.87. The Morgan fingerprint density at radius 3 is 2.53 bits per heavy atom. The Kier molecular flexibility index (Phi) is 3.47. The number of thioether (sulfide) groups is 1. The molecule has 1 aromatic carbocycles. The van der Waals surface area contributed by atoms with Gasteiger partial charge in [-0.2, -0.15) is 0 Å². The van der Waals surface area contributed by atoms with Crippen molar-refractivity contribution in [1.29, 1.82) is 0 Å². The Morgan fingerprint density at radius 1 is 1.33 bits per heavy atom. The maximum absolute atomic E-state index is 10.9. The third kappa shape index (κ3) is 3.71. The topological polar surface area (TPSA) is 17.1 Å². The van der Waals surface area contributed by atoms with Crippen molar-refractivity contribution in [3.05, 3.63) is 29.8 Å². The van der Waals surface area contributed by atoms with Crippen molar-refractivity contribution in [3.8, 4) is 0 Å². The number of rotatable bonds is 5. The van der Waals surface area contributed by atoms with Crippen LogP contribution >= 0.6 is 11.8 Å². The first-order valence-electron chi connectivity index (χ1n) is 5.45. The first-order chi connectivity index (χ1) is 7.24. The maximum atomic E-state index is 10.9. The predicted molar refractivity (Wildman–Crippen MR) is 64.3 cm³/mol. The van der Waals surface area contributed by atoms with Gasteiger partial charge in [0.1, 0.15) is 5.78 Å². The van der Waals surface area contributed by atoms with Gasteiger partial charge in [-0.05, 0) is 43.4 Å². The van der Waals surface area contributed by atoms with Crippen molar-refractivity contribution >= 4 is 17.5 Å². The van der Waals surface area contributed by atoms with Crippen LogP contribution in [0.4, 0.5) is 0 Å². The number of ketones is 1. The van der Waals surface area contributed by atoms with Crippen molar-refractivity contribution in [1.82, 2.24) is 0 Å². The molecular weight excluding hydrogens is 204 g/mol. The van der Waals surface area contributed by atoms with Crippen LogP contribution in [0.2, 0.25) is 0 Å². The summed E-state index contributed by atoms with van der Waals surface area (Å²) in [6.45, 7) is 1.63. The van der Waals surface area contributed by atoms with Gasteiger partial charge in [-0.3, -0.25) is 4.79 Å². The number of hydrogen-bond acceptors (Lipinski definition) is 2. The summed E-state index contributed by atoms with van der Waals surface area (Å²) in [5.74, 6) is 2.45. The van der Waals surface area contributed by atoms with Crippen molar-refractivity contribution in [2.75, 3.05) is 5.75 Å². The molecule has 1 aromatic rings. The predicted octanol–water partition coefficient (Wildman–Crippen LogP) is 3.32. The highest BCUT2D eigenvalue weighted by Gasteiger charge is 2.20. The lowest BCUT2D eigenvalue weighted by Gasteiger charge is -2.02. The van der Waals surface area contributed by atoms with Crippen LogP contribution < -0.4 is 0 Å². The number of hydrogen-bond donors (Lipinski definition) is 0. The summed E-state index contributed by atoms with van der Waals surface area (Å²) in [5, 5.41) is 0. The number of carbonyl (C=O) groups is 1. The molecule has 0 saturated heterocycles. The van der Waals surface area contributed by atoms with Crippen LogP contribution in [-0.2, 0) is 11.2 Å². The Labute approximate surface area is 95.3 Å². The largest absolute Gasteiger partial charge is 0.300 e. The summed E-state index contributed by atoms with van der Waals surface area (Å²) in [4.78, 5) is 12.2. The average Bonchev–Trinajstić information content (AvgIpc) is 2.99. The van der Waals surface area contributed by atoms with Gasteiger partial charge < -0.3 is 0 Å². The van der Waals surface area contributed by atoms with Gasteiger partial charge in [0.2, 0.25) is 0 Å². The highest BCUT2D eigenvalue weighted by atomic mass is 32.2. The molecule has 0 atom stereocenters. The third-order valence-corrected chi connectivity index (χ3v) is 3.80. The van der Waals surface area contributed by atoms with Crippen LogP contribution in [0.1, 0.15) is 25.3 Å². The second kappa shape index (κ2) is 4.84. The quantitative estimate of drug-likeness (QED) is 0.708. The fourth-order valence-electron chi connectivity index (χ4n) is 1.49. The zero-order valence-electron chi connectivity index (χ0n) is 9.03. The van der Waals surface area contributed by atoms with Gasteiger partial charge in [0.15, 0.2) is 0 Å². The van der Waals surface area contributed by atoms with E-state index in [1.165, 1.54) is 23.5 Å².